The van der Waals surface area contributed by atoms with Crippen LogP contribution < -0.4 is 19.8 Å². The summed E-state index contributed by atoms with van der Waals surface area (Å²) in [6, 6.07) is 15.6. The van der Waals surface area contributed by atoms with Gasteiger partial charge in [0.15, 0.2) is 5.75 Å². The van der Waals surface area contributed by atoms with Gasteiger partial charge in [0.05, 0.1) is 12.1 Å². The van der Waals surface area contributed by atoms with Crippen LogP contribution in [-0.2, 0) is 13.7 Å². The standard InChI is InChI=1S/C24H27NO4/c1-4-6-15-28-22-20-13-12-19(29-17-18-10-8-7-9-11-18)16-21(20)25(3)24(26)23(22)27-14-5-2/h5,7-13,16H,2,4,6,14-15,17H2,1,3H3. The number of hydrogen-bond donors (Lipinski definition) is 0. The molecule has 2 aromatic carbocycles. The number of pyridine rings is 1. The number of ether oxygens (including phenoxy) is 3. The molecule has 29 heavy (non-hydrogen) atoms. The number of rotatable bonds is 10. The van der Waals surface area contributed by atoms with Crippen molar-refractivity contribution in [2.24, 2.45) is 7.05 Å². The normalized spacial score (nSPS) is 10.7. The molecule has 0 atom stereocenters. The molecule has 5 nitrogen and oxygen atoms in total. The van der Waals surface area contributed by atoms with Crippen LogP contribution in [0.15, 0.2) is 66.0 Å². The van der Waals surface area contributed by atoms with Gasteiger partial charge in [-0.05, 0) is 24.1 Å². The predicted octanol–water partition coefficient (Wildman–Crippen LogP) is 4.86. The lowest BCUT2D eigenvalue weighted by Crippen LogP contribution is -2.21. The molecule has 0 saturated heterocycles. The number of fused-ring (bicyclic) bond motifs is 1. The van der Waals surface area contributed by atoms with Crippen molar-refractivity contribution in [3.05, 3.63) is 77.1 Å². The summed E-state index contributed by atoms with van der Waals surface area (Å²) in [5.74, 6) is 1.39. The first-order valence-corrected chi connectivity index (χ1v) is 9.85. The SMILES string of the molecule is C=CCOc1c(OCCCC)c2ccc(OCc3ccccc3)cc2n(C)c1=O. The topological polar surface area (TPSA) is 49.7 Å². The Morgan fingerprint density at radius 1 is 1.03 bits per heavy atom. The Balaban J connectivity index is 1.99. The average Bonchev–Trinajstić information content (AvgIpc) is 2.76. The van der Waals surface area contributed by atoms with Gasteiger partial charge in [0.25, 0.3) is 5.56 Å². The minimum Gasteiger partial charge on any atom is -0.489 e. The summed E-state index contributed by atoms with van der Waals surface area (Å²) < 4.78 is 19.1. The fourth-order valence-corrected chi connectivity index (χ4v) is 3.02. The molecule has 3 aromatic rings. The van der Waals surface area contributed by atoms with Gasteiger partial charge in [0, 0.05) is 18.5 Å². The van der Waals surface area contributed by atoms with Crippen LogP contribution in [-0.4, -0.2) is 17.8 Å². The Labute approximate surface area is 171 Å². The molecule has 152 valence electrons. The lowest BCUT2D eigenvalue weighted by Gasteiger charge is -2.17. The largest absolute Gasteiger partial charge is 0.489 e. The maximum atomic E-state index is 12.9. The van der Waals surface area contributed by atoms with Gasteiger partial charge in [-0.2, -0.15) is 0 Å². The van der Waals surface area contributed by atoms with Crippen LogP contribution >= 0.6 is 0 Å². The molecule has 1 aromatic heterocycles. The molecule has 0 fully saturated rings. The highest BCUT2D eigenvalue weighted by atomic mass is 16.5. The van der Waals surface area contributed by atoms with Crippen LogP contribution in [0.5, 0.6) is 17.2 Å². The highest BCUT2D eigenvalue weighted by Crippen LogP contribution is 2.34. The highest BCUT2D eigenvalue weighted by Gasteiger charge is 2.18. The maximum absolute atomic E-state index is 12.9. The van der Waals surface area contributed by atoms with E-state index in [1.165, 1.54) is 0 Å². The van der Waals surface area contributed by atoms with Crippen molar-refractivity contribution < 1.29 is 14.2 Å². The zero-order chi connectivity index (χ0) is 20.6. The van der Waals surface area contributed by atoms with E-state index in [4.69, 9.17) is 14.2 Å². The first-order chi connectivity index (χ1) is 14.2. The third-order valence-corrected chi connectivity index (χ3v) is 4.62. The van der Waals surface area contributed by atoms with Gasteiger partial charge >= 0.3 is 0 Å². The summed E-state index contributed by atoms with van der Waals surface area (Å²) in [5, 5.41) is 0.814. The predicted molar refractivity (Wildman–Crippen MR) is 116 cm³/mol. The van der Waals surface area contributed by atoms with Gasteiger partial charge in [0.1, 0.15) is 19.0 Å². The van der Waals surface area contributed by atoms with Crippen LogP contribution in [0.3, 0.4) is 0 Å². The van der Waals surface area contributed by atoms with E-state index in [1.54, 1.807) is 17.7 Å². The molecule has 0 N–H and O–H groups in total. The van der Waals surface area contributed by atoms with Gasteiger partial charge in [-0.25, -0.2) is 0 Å². The first kappa shape index (κ1) is 20.5. The van der Waals surface area contributed by atoms with E-state index in [0.29, 0.717) is 24.7 Å². The van der Waals surface area contributed by atoms with Gasteiger partial charge in [0.2, 0.25) is 5.75 Å². The van der Waals surface area contributed by atoms with Crippen LogP contribution in [0.1, 0.15) is 25.3 Å². The molecule has 0 saturated carbocycles. The molecule has 0 aliphatic rings. The second kappa shape index (κ2) is 9.82. The quantitative estimate of drug-likeness (QED) is 0.365. The third-order valence-electron chi connectivity index (χ3n) is 4.62. The van der Waals surface area contributed by atoms with Crippen molar-refractivity contribution in [2.75, 3.05) is 13.2 Å². The second-order valence-corrected chi connectivity index (χ2v) is 6.78. The Kier molecular flexibility index (Phi) is 6.95. The number of nitrogens with zero attached hydrogens (tertiary/aromatic N) is 1. The maximum Gasteiger partial charge on any atom is 0.297 e. The second-order valence-electron chi connectivity index (χ2n) is 6.78. The van der Waals surface area contributed by atoms with Gasteiger partial charge in [-0.15, -0.1) is 0 Å². The van der Waals surface area contributed by atoms with Gasteiger partial charge in [-0.1, -0.05) is 56.3 Å². The number of aryl methyl sites for hydroxylation is 1. The lowest BCUT2D eigenvalue weighted by molar-refractivity contribution is 0.278. The molecule has 1 heterocycles. The molecule has 0 amide bonds. The summed E-state index contributed by atoms with van der Waals surface area (Å²) in [7, 11) is 1.72. The Morgan fingerprint density at radius 2 is 1.83 bits per heavy atom. The number of benzene rings is 2. The average molecular weight is 393 g/mol. The van der Waals surface area contributed by atoms with E-state index in [2.05, 4.69) is 13.5 Å². The summed E-state index contributed by atoms with van der Waals surface area (Å²) in [5.41, 5.74) is 1.57. The minimum absolute atomic E-state index is 0.217. The van der Waals surface area contributed by atoms with Crippen LogP contribution in [0.25, 0.3) is 10.9 Å². The van der Waals surface area contributed by atoms with E-state index in [9.17, 15) is 4.79 Å². The van der Waals surface area contributed by atoms with E-state index in [1.807, 2.05) is 48.5 Å². The van der Waals surface area contributed by atoms with Crippen LogP contribution in [0.2, 0.25) is 0 Å². The zero-order valence-corrected chi connectivity index (χ0v) is 17.0. The van der Waals surface area contributed by atoms with Crippen LogP contribution in [0.4, 0.5) is 0 Å². The Bertz CT molecular complexity index is 1020. The summed E-state index contributed by atoms with van der Waals surface area (Å²) >= 11 is 0. The fraction of sp³-hybridized carbons (Fsp3) is 0.292. The Morgan fingerprint density at radius 3 is 2.55 bits per heavy atom. The van der Waals surface area contributed by atoms with Crippen molar-refractivity contribution in [1.29, 1.82) is 0 Å². The van der Waals surface area contributed by atoms with E-state index in [0.717, 1.165) is 29.3 Å². The van der Waals surface area contributed by atoms with Gasteiger partial charge in [-0.3, -0.25) is 4.79 Å². The lowest BCUT2D eigenvalue weighted by atomic mass is 10.1. The van der Waals surface area contributed by atoms with E-state index < -0.39 is 0 Å². The fourth-order valence-electron chi connectivity index (χ4n) is 3.02. The number of aromatic nitrogens is 1. The van der Waals surface area contributed by atoms with Crippen LogP contribution in [0, 0.1) is 0 Å². The third kappa shape index (κ3) is 4.80. The van der Waals surface area contributed by atoms with Crippen molar-refractivity contribution >= 4 is 10.9 Å². The van der Waals surface area contributed by atoms with Crippen molar-refractivity contribution in [2.45, 2.75) is 26.4 Å². The molecule has 3 rings (SSSR count). The van der Waals surface area contributed by atoms with Crippen molar-refractivity contribution in [3.63, 3.8) is 0 Å². The molecule has 5 heteroatoms. The highest BCUT2D eigenvalue weighted by molar-refractivity contribution is 5.89. The molecule has 0 aliphatic carbocycles. The van der Waals surface area contributed by atoms with Crippen molar-refractivity contribution in [1.82, 2.24) is 4.57 Å². The monoisotopic (exact) mass is 393 g/mol. The summed E-state index contributed by atoms with van der Waals surface area (Å²) in [6.45, 7) is 6.98. The molecule has 0 bridgehead atoms. The Hall–Kier alpha value is -3.21. The first-order valence-electron chi connectivity index (χ1n) is 9.85. The smallest absolute Gasteiger partial charge is 0.297 e. The summed E-state index contributed by atoms with van der Waals surface area (Å²) in [6.07, 6.45) is 3.51. The zero-order valence-electron chi connectivity index (χ0n) is 17.0. The molecular formula is C24H27NO4. The molecule has 0 radical (unpaired) electrons. The van der Waals surface area contributed by atoms with Crippen molar-refractivity contribution in [3.8, 4) is 17.2 Å². The number of hydrogen-bond acceptors (Lipinski definition) is 4. The minimum atomic E-state index is -0.244. The number of unbranched alkanes of at least 4 members (excludes halogenated alkanes) is 1. The van der Waals surface area contributed by atoms with E-state index >= 15 is 0 Å². The molecular weight excluding hydrogens is 366 g/mol. The molecule has 0 spiro atoms. The summed E-state index contributed by atoms with van der Waals surface area (Å²) in [4.78, 5) is 12.9. The van der Waals surface area contributed by atoms with E-state index in [-0.39, 0.29) is 17.9 Å². The van der Waals surface area contributed by atoms with Gasteiger partial charge < -0.3 is 18.8 Å². The molecule has 0 unspecified atom stereocenters. The molecule has 0 aliphatic heterocycles.